The van der Waals surface area contributed by atoms with Crippen LogP contribution in [-0.4, -0.2) is 14.5 Å². The first-order chi connectivity index (χ1) is 9.31. The molecular weight excluding hydrogens is 344 g/mol. The van der Waals surface area contributed by atoms with E-state index in [0.717, 1.165) is 19.3 Å². The molecule has 0 bridgehead atoms. The van der Waals surface area contributed by atoms with Crippen molar-refractivity contribution in [1.82, 2.24) is 4.72 Å². The Morgan fingerprint density at radius 2 is 1.95 bits per heavy atom. The van der Waals surface area contributed by atoms with Crippen molar-refractivity contribution in [2.24, 2.45) is 17.6 Å². The number of sulfonamides is 1. The summed E-state index contributed by atoms with van der Waals surface area (Å²) in [6.07, 6.45) is 2.91. The van der Waals surface area contributed by atoms with E-state index < -0.39 is 10.0 Å². The monoisotopic (exact) mass is 364 g/mol. The predicted molar refractivity (Wildman–Crippen MR) is 80.6 cm³/mol. The molecule has 114 valence electrons. The van der Waals surface area contributed by atoms with Crippen molar-refractivity contribution < 1.29 is 12.8 Å². The first kappa shape index (κ1) is 16.0. The average Bonchev–Trinajstić information content (AvgIpc) is 2.69. The van der Waals surface area contributed by atoms with E-state index in [9.17, 15) is 8.42 Å². The van der Waals surface area contributed by atoms with Gasteiger partial charge >= 0.3 is 0 Å². The summed E-state index contributed by atoms with van der Waals surface area (Å²) in [5.41, 5.74) is 5.47. The zero-order chi connectivity index (χ0) is 14.9. The van der Waals surface area contributed by atoms with Gasteiger partial charge in [-0.15, -0.1) is 0 Å². The van der Waals surface area contributed by atoms with Crippen LogP contribution >= 0.6 is 15.9 Å². The predicted octanol–water partition coefficient (Wildman–Crippen LogP) is 2.60. The van der Waals surface area contributed by atoms with Crippen LogP contribution in [0.2, 0.25) is 0 Å². The summed E-state index contributed by atoms with van der Waals surface area (Å²) >= 11 is 3.14. The lowest BCUT2D eigenvalue weighted by Crippen LogP contribution is -2.39. The quantitative estimate of drug-likeness (QED) is 0.859. The minimum absolute atomic E-state index is 0.0122. The summed E-state index contributed by atoms with van der Waals surface area (Å²) in [5.74, 6) is 1.53. The number of furan rings is 1. The molecule has 1 fully saturated rings. The lowest BCUT2D eigenvalue weighted by Gasteiger charge is -2.31. The largest absolute Gasteiger partial charge is 0.452 e. The summed E-state index contributed by atoms with van der Waals surface area (Å²) in [5, 5.41) is 0. The standard InChI is InChI=1S/C13H21BrN2O3S/c1-8-3-9(2)5-10(4-8)16-20(17,18)12-6-11(7-15)19-13(12)14/h6,8-10,16H,3-5,7,15H2,1-2H3. The second-order valence-electron chi connectivity index (χ2n) is 5.79. The Morgan fingerprint density at radius 3 is 2.45 bits per heavy atom. The molecule has 0 aliphatic heterocycles. The molecule has 1 heterocycles. The Kier molecular flexibility index (Phi) is 4.94. The maximum Gasteiger partial charge on any atom is 0.245 e. The summed E-state index contributed by atoms with van der Waals surface area (Å²) < 4.78 is 33.1. The number of hydrogen-bond acceptors (Lipinski definition) is 4. The van der Waals surface area contributed by atoms with Gasteiger partial charge in [-0.25, -0.2) is 13.1 Å². The first-order valence-electron chi connectivity index (χ1n) is 6.82. The van der Waals surface area contributed by atoms with Crippen molar-refractivity contribution >= 4 is 26.0 Å². The molecule has 1 aliphatic carbocycles. The minimum atomic E-state index is -3.57. The van der Waals surface area contributed by atoms with E-state index in [2.05, 4.69) is 34.5 Å². The molecule has 20 heavy (non-hydrogen) atoms. The molecule has 2 atom stereocenters. The molecule has 0 aromatic carbocycles. The molecule has 7 heteroatoms. The van der Waals surface area contributed by atoms with Gasteiger partial charge in [-0.2, -0.15) is 0 Å². The number of nitrogens with one attached hydrogen (secondary N) is 1. The molecule has 0 spiro atoms. The van der Waals surface area contributed by atoms with Crippen LogP contribution in [-0.2, 0) is 16.6 Å². The summed E-state index contributed by atoms with van der Waals surface area (Å²) in [7, 11) is -3.57. The molecule has 0 radical (unpaired) electrons. The van der Waals surface area contributed by atoms with Gasteiger partial charge in [0.15, 0.2) is 4.67 Å². The SMILES string of the molecule is CC1CC(C)CC(NS(=O)(=O)c2cc(CN)oc2Br)C1. The maximum atomic E-state index is 12.4. The summed E-state index contributed by atoms with van der Waals surface area (Å²) in [6.45, 7) is 4.50. The topological polar surface area (TPSA) is 85.3 Å². The van der Waals surface area contributed by atoms with Crippen LogP contribution in [0.15, 0.2) is 20.0 Å². The van der Waals surface area contributed by atoms with Gasteiger partial charge in [-0.05, 0) is 47.0 Å². The summed E-state index contributed by atoms with van der Waals surface area (Å²) in [4.78, 5) is 0.129. The van der Waals surface area contributed by atoms with Gasteiger partial charge in [-0.3, -0.25) is 0 Å². The van der Waals surface area contributed by atoms with Gasteiger partial charge in [0.25, 0.3) is 0 Å². The molecule has 3 N–H and O–H groups in total. The first-order valence-corrected chi connectivity index (χ1v) is 9.10. The van der Waals surface area contributed by atoms with Crippen LogP contribution in [0.1, 0.15) is 38.9 Å². The van der Waals surface area contributed by atoms with Crippen LogP contribution < -0.4 is 10.5 Å². The van der Waals surface area contributed by atoms with Crippen LogP contribution in [0.25, 0.3) is 0 Å². The normalized spacial score (nSPS) is 27.7. The lowest BCUT2D eigenvalue weighted by atomic mass is 9.81. The molecule has 5 nitrogen and oxygen atoms in total. The fraction of sp³-hybridized carbons (Fsp3) is 0.692. The Morgan fingerprint density at radius 1 is 1.35 bits per heavy atom. The molecule has 2 unspecified atom stereocenters. The number of halogens is 1. The zero-order valence-corrected chi connectivity index (χ0v) is 14.1. The Balaban J connectivity index is 2.16. The zero-order valence-electron chi connectivity index (χ0n) is 11.7. The highest BCUT2D eigenvalue weighted by atomic mass is 79.9. The fourth-order valence-electron chi connectivity index (χ4n) is 3.01. The van der Waals surface area contributed by atoms with Gasteiger partial charge in [0.05, 0.1) is 6.54 Å². The summed E-state index contributed by atoms with van der Waals surface area (Å²) in [6, 6.07) is 1.46. The highest BCUT2D eigenvalue weighted by Gasteiger charge is 2.30. The van der Waals surface area contributed by atoms with E-state index in [-0.39, 0.29) is 22.2 Å². The van der Waals surface area contributed by atoms with Crippen molar-refractivity contribution in [2.45, 2.75) is 50.6 Å². The maximum absolute atomic E-state index is 12.4. The van der Waals surface area contributed by atoms with Gasteiger partial charge in [0, 0.05) is 12.1 Å². The molecule has 1 saturated carbocycles. The number of nitrogens with two attached hydrogens (primary N) is 1. The molecule has 1 aromatic heterocycles. The minimum Gasteiger partial charge on any atom is -0.452 e. The lowest BCUT2D eigenvalue weighted by molar-refractivity contribution is 0.257. The van der Waals surface area contributed by atoms with Gasteiger partial charge in [0.1, 0.15) is 10.7 Å². The van der Waals surface area contributed by atoms with Gasteiger partial charge < -0.3 is 10.2 Å². The van der Waals surface area contributed by atoms with Crippen molar-refractivity contribution in [3.05, 3.63) is 16.5 Å². The van der Waals surface area contributed by atoms with E-state index in [4.69, 9.17) is 10.2 Å². The van der Waals surface area contributed by atoms with Crippen molar-refractivity contribution in [1.29, 1.82) is 0 Å². The molecule has 0 amide bonds. The van der Waals surface area contributed by atoms with E-state index >= 15 is 0 Å². The Labute approximate surface area is 128 Å². The third-order valence-corrected chi connectivity index (χ3v) is 6.07. The Hall–Kier alpha value is -0.370. The smallest absolute Gasteiger partial charge is 0.245 e. The third kappa shape index (κ3) is 3.63. The van der Waals surface area contributed by atoms with Gasteiger partial charge in [0.2, 0.25) is 10.0 Å². The molecule has 2 rings (SSSR count). The van der Waals surface area contributed by atoms with E-state index in [1.54, 1.807) is 0 Å². The number of hydrogen-bond donors (Lipinski definition) is 2. The second kappa shape index (κ2) is 6.17. The molecule has 1 aliphatic rings. The van der Waals surface area contributed by atoms with E-state index in [0.29, 0.717) is 17.6 Å². The van der Waals surface area contributed by atoms with Gasteiger partial charge in [-0.1, -0.05) is 13.8 Å². The second-order valence-corrected chi connectivity index (χ2v) is 8.19. The van der Waals surface area contributed by atoms with E-state index in [1.807, 2.05) is 0 Å². The van der Waals surface area contributed by atoms with Crippen molar-refractivity contribution in [3.63, 3.8) is 0 Å². The van der Waals surface area contributed by atoms with Crippen LogP contribution in [0.4, 0.5) is 0 Å². The molecule has 1 aromatic rings. The van der Waals surface area contributed by atoms with Crippen LogP contribution in [0.5, 0.6) is 0 Å². The Bertz CT molecular complexity index is 560. The number of rotatable bonds is 4. The van der Waals surface area contributed by atoms with E-state index in [1.165, 1.54) is 6.07 Å². The van der Waals surface area contributed by atoms with Crippen molar-refractivity contribution in [3.8, 4) is 0 Å². The fourth-order valence-corrected chi connectivity index (χ4v) is 5.27. The van der Waals surface area contributed by atoms with Crippen LogP contribution in [0.3, 0.4) is 0 Å². The molecule has 0 saturated heterocycles. The third-order valence-electron chi connectivity index (χ3n) is 3.70. The van der Waals surface area contributed by atoms with Crippen LogP contribution in [0, 0.1) is 11.8 Å². The molecular formula is C13H21BrN2O3S. The highest BCUT2D eigenvalue weighted by molar-refractivity contribution is 9.10. The van der Waals surface area contributed by atoms with Crippen molar-refractivity contribution in [2.75, 3.05) is 0 Å². The highest BCUT2D eigenvalue weighted by Crippen LogP contribution is 2.31. The average molecular weight is 365 g/mol.